The molecule has 0 saturated carbocycles. The molecule has 6 rings (SSSR count). The van der Waals surface area contributed by atoms with E-state index in [1.165, 1.54) is 18.9 Å². The van der Waals surface area contributed by atoms with Crippen LogP contribution in [0.4, 0.5) is 15.8 Å². The summed E-state index contributed by atoms with van der Waals surface area (Å²) in [5.41, 5.74) is 5.40. The van der Waals surface area contributed by atoms with Gasteiger partial charge in [0.15, 0.2) is 0 Å². The van der Waals surface area contributed by atoms with E-state index in [1.54, 1.807) is 6.07 Å². The van der Waals surface area contributed by atoms with Crippen molar-refractivity contribution < 1.29 is 9.13 Å². The lowest BCUT2D eigenvalue weighted by Crippen LogP contribution is -2.31. The van der Waals surface area contributed by atoms with E-state index in [2.05, 4.69) is 57.7 Å². The number of likely N-dealkylation sites (N-methyl/N-ethyl adjacent to an activating group) is 1. The fourth-order valence-corrected chi connectivity index (χ4v) is 5.61. The van der Waals surface area contributed by atoms with Crippen LogP contribution in [0.3, 0.4) is 0 Å². The molecule has 1 fully saturated rings. The molecule has 1 saturated heterocycles. The first-order valence-corrected chi connectivity index (χ1v) is 12.8. The number of pyridine rings is 1. The largest absolute Gasteiger partial charge is 0.490 e. The van der Waals surface area contributed by atoms with E-state index < -0.39 is 5.82 Å². The molecular weight excluding hydrogens is 465 g/mol. The highest BCUT2D eigenvalue weighted by Gasteiger charge is 2.22. The van der Waals surface area contributed by atoms with Gasteiger partial charge in [0.1, 0.15) is 18.2 Å². The molecule has 2 aliphatic heterocycles. The third-order valence-electron chi connectivity index (χ3n) is 7.81. The minimum atomic E-state index is -0.517. The number of benzene rings is 2. The van der Waals surface area contributed by atoms with Crippen LogP contribution in [0.2, 0.25) is 0 Å². The zero-order valence-corrected chi connectivity index (χ0v) is 21.2. The van der Waals surface area contributed by atoms with Crippen LogP contribution in [0, 0.1) is 18.3 Å². The molecule has 0 bridgehead atoms. The van der Waals surface area contributed by atoms with Crippen molar-refractivity contribution >= 4 is 22.3 Å². The summed E-state index contributed by atoms with van der Waals surface area (Å²) in [5, 5.41) is 1.03. The first kappa shape index (κ1) is 23.5. The molecule has 0 unspecified atom stereocenters. The van der Waals surface area contributed by atoms with Gasteiger partial charge in [-0.1, -0.05) is 18.2 Å². The predicted molar refractivity (Wildman–Crippen MR) is 146 cm³/mol. The van der Waals surface area contributed by atoms with E-state index in [-0.39, 0.29) is 5.69 Å². The number of piperidine rings is 1. The van der Waals surface area contributed by atoms with Crippen LogP contribution in [-0.4, -0.2) is 54.8 Å². The molecule has 0 spiro atoms. The summed E-state index contributed by atoms with van der Waals surface area (Å²) >= 11 is 0. The predicted octanol–water partition coefficient (Wildman–Crippen LogP) is 6.23. The number of anilines is 1. The second-order valence-corrected chi connectivity index (χ2v) is 10.2. The Morgan fingerprint density at radius 3 is 2.65 bits per heavy atom. The zero-order chi connectivity index (χ0) is 25.5. The number of rotatable bonds is 4. The number of ether oxygens (including phenoxy) is 1. The third-order valence-corrected chi connectivity index (χ3v) is 7.81. The summed E-state index contributed by atoms with van der Waals surface area (Å²) in [4.78, 5) is 12.8. The SMILES string of the molecule is [C-]#[N+]c1ccc(-c2c(-c3ccc4c(c3)OCCN4C)ncc3c2ccn3CC2CCN(C)CC2)cc1F. The maximum Gasteiger partial charge on any atom is 0.222 e. The van der Waals surface area contributed by atoms with Gasteiger partial charge in [-0.25, -0.2) is 9.24 Å². The van der Waals surface area contributed by atoms with Crippen molar-refractivity contribution in [2.45, 2.75) is 19.4 Å². The Balaban J connectivity index is 1.49. The normalized spacial score (nSPS) is 16.4. The van der Waals surface area contributed by atoms with Gasteiger partial charge in [0.2, 0.25) is 5.69 Å². The Morgan fingerprint density at radius 1 is 1.05 bits per heavy atom. The summed E-state index contributed by atoms with van der Waals surface area (Å²) in [7, 11) is 4.24. The molecule has 0 radical (unpaired) electrons. The Labute approximate surface area is 216 Å². The minimum Gasteiger partial charge on any atom is -0.490 e. The van der Waals surface area contributed by atoms with E-state index in [0.717, 1.165) is 65.3 Å². The molecule has 2 aromatic carbocycles. The highest BCUT2D eigenvalue weighted by Crippen LogP contribution is 2.41. The molecule has 0 N–H and O–H groups in total. The van der Waals surface area contributed by atoms with Crippen LogP contribution in [0.25, 0.3) is 38.1 Å². The number of hydrogen-bond acceptors (Lipinski definition) is 4. The number of nitrogens with zero attached hydrogens (tertiary/aromatic N) is 5. The molecule has 2 aliphatic rings. The van der Waals surface area contributed by atoms with Crippen LogP contribution in [0.15, 0.2) is 54.9 Å². The standard InChI is InChI=1S/C30H30FN5O/c1-32-25-6-4-21(16-24(25)31)29-23-10-13-36(19-20-8-11-34(2)12-9-20)27(23)18-33-30(29)22-5-7-26-28(17-22)37-15-14-35(26)3/h4-7,10,13,16-18,20H,8-9,11-12,14-15,19H2,2-3H3. The van der Waals surface area contributed by atoms with Crippen LogP contribution in [-0.2, 0) is 6.54 Å². The van der Waals surface area contributed by atoms with E-state index in [1.807, 2.05) is 18.3 Å². The molecule has 0 aliphatic carbocycles. The second kappa shape index (κ2) is 9.53. The van der Waals surface area contributed by atoms with Gasteiger partial charge in [0, 0.05) is 36.3 Å². The molecule has 6 nitrogen and oxygen atoms in total. The number of aromatic nitrogens is 2. The van der Waals surface area contributed by atoms with E-state index in [4.69, 9.17) is 16.3 Å². The number of likely N-dealkylation sites (tertiary alicyclic amines) is 1. The molecule has 0 amide bonds. The summed E-state index contributed by atoms with van der Waals surface area (Å²) in [6, 6.07) is 13.1. The van der Waals surface area contributed by atoms with Crippen molar-refractivity contribution in [3.63, 3.8) is 0 Å². The zero-order valence-electron chi connectivity index (χ0n) is 21.2. The average Bonchev–Trinajstić information content (AvgIpc) is 3.32. The summed E-state index contributed by atoms with van der Waals surface area (Å²) < 4.78 is 23.1. The van der Waals surface area contributed by atoms with Crippen molar-refractivity contribution in [2.24, 2.45) is 5.92 Å². The molecule has 37 heavy (non-hydrogen) atoms. The molecular formula is C30H30FN5O. The summed E-state index contributed by atoms with van der Waals surface area (Å²) in [5.74, 6) is 0.935. The van der Waals surface area contributed by atoms with Gasteiger partial charge in [-0.3, -0.25) is 4.98 Å². The summed E-state index contributed by atoms with van der Waals surface area (Å²) in [6.45, 7) is 11.9. The fourth-order valence-electron chi connectivity index (χ4n) is 5.61. The molecule has 4 aromatic rings. The molecule has 188 valence electrons. The first-order chi connectivity index (χ1) is 18.0. The molecule has 7 heteroatoms. The highest BCUT2D eigenvalue weighted by molar-refractivity contribution is 6.02. The number of fused-ring (bicyclic) bond motifs is 2. The molecule has 4 heterocycles. The number of halogens is 1. The van der Waals surface area contributed by atoms with Crippen LogP contribution in [0.5, 0.6) is 5.75 Å². The quantitative estimate of drug-likeness (QED) is 0.315. The second-order valence-electron chi connectivity index (χ2n) is 10.2. The highest BCUT2D eigenvalue weighted by atomic mass is 19.1. The van der Waals surface area contributed by atoms with Crippen LogP contribution >= 0.6 is 0 Å². The van der Waals surface area contributed by atoms with Gasteiger partial charge in [-0.2, -0.15) is 0 Å². The Hall–Kier alpha value is -3.89. The minimum absolute atomic E-state index is 0.0236. The monoisotopic (exact) mass is 495 g/mol. The smallest absolute Gasteiger partial charge is 0.222 e. The third kappa shape index (κ3) is 4.32. The van der Waals surface area contributed by atoms with Crippen molar-refractivity contribution in [1.29, 1.82) is 0 Å². The average molecular weight is 496 g/mol. The number of hydrogen-bond donors (Lipinski definition) is 0. The van der Waals surface area contributed by atoms with Gasteiger partial charge < -0.3 is 19.1 Å². The van der Waals surface area contributed by atoms with E-state index in [9.17, 15) is 4.39 Å². The fraction of sp³-hybridized carbons (Fsp3) is 0.333. The lowest BCUT2D eigenvalue weighted by atomic mass is 9.95. The Bertz CT molecular complexity index is 1510. The van der Waals surface area contributed by atoms with Gasteiger partial charge in [-0.15, -0.1) is 0 Å². The van der Waals surface area contributed by atoms with E-state index in [0.29, 0.717) is 18.1 Å². The Morgan fingerprint density at radius 2 is 1.86 bits per heavy atom. The lowest BCUT2D eigenvalue weighted by molar-refractivity contribution is 0.206. The Kier molecular flexibility index (Phi) is 6.05. The van der Waals surface area contributed by atoms with Gasteiger partial charge in [0.25, 0.3) is 0 Å². The maximum absolute atomic E-state index is 14.8. The van der Waals surface area contributed by atoms with Gasteiger partial charge in [0.05, 0.1) is 36.2 Å². The maximum atomic E-state index is 14.8. The molecule has 2 aromatic heterocycles. The van der Waals surface area contributed by atoms with Crippen molar-refractivity contribution in [2.75, 3.05) is 45.2 Å². The van der Waals surface area contributed by atoms with Crippen LogP contribution < -0.4 is 9.64 Å². The van der Waals surface area contributed by atoms with Crippen molar-refractivity contribution in [1.82, 2.24) is 14.5 Å². The lowest BCUT2D eigenvalue weighted by Gasteiger charge is -2.29. The topological polar surface area (TPSA) is 37.9 Å². The van der Waals surface area contributed by atoms with Crippen molar-refractivity contribution in [3.8, 4) is 28.1 Å². The first-order valence-electron chi connectivity index (χ1n) is 12.8. The molecule has 0 atom stereocenters. The summed E-state index contributed by atoms with van der Waals surface area (Å²) in [6.07, 6.45) is 6.44. The van der Waals surface area contributed by atoms with Gasteiger partial charge in [-0.05, 0) is 68.7 Å². The van der Waals surface area contributed by atoms with E-state index >= 15 is 0 Å². The van der Waals surface area contributed by atoms with Crippen LogP contribution in [0.1, 0.15) is 12.8 Å². The van der Waals surface area contributed by atoms with Gasteiger partial charge >= 0.3 is 0 Å². The van der Waals surface area contributed by atoms with Crippen molar-refractivity contribution in [3.05, 3.63) is 72.1 Å².